The number of piperidine rings is 1. The molecule has 0 spiro atoms. The van der Waals surface area contributed by atoms with Crippen LogP contribution in [0.1, 0.15) is 44.2 Å². The lowest BCUT2D eigenvalue weighted by molar-refractivity contribution is 0.466. The topological polar surface area (TPSA) is 118 Å². The van der Waals surface area contributed by atoms with Crippen LogP contribution in [-0.2, 0) is 16.4 Å². The normalized spacial score (nSPS) is 15.6. The first-order chi connectivity index (χ1) is 19.4. The van der Waals surface area contributed by atoms with Crippen molar-refractivity contribution in [1.82, 2.24) is 20.3 Å². The maximum Gasteiger partial charge on any atom is 0.232 e. The van der Waals surface area contributed by atoms with Crippen LogP contribution in [0, 0.1) is 6.92 Å². The van der Waals surface area contributed by atoms with Gasteiger partial charge in [-0.25, -0.2) is 23.4 Å². The summed E-state index contributed by atoms with van der Waals surface area (Å²) < 4.78 is 34.3. The first kappa shape index (κ1) is 27.8. The molecule has 0 saturated carbocycles. The molecule has 4 aromatic rings. The number of benzene rings is 2. The Morgan fingerprint density at radius 3 is 2.75 bits per heavy atom. The number of rotatable bonds is 10. The summed E-state index contributed by atoms with van der Waals surface area (Å²) in [5.74, 6) is 1.67. The van der Waals surface area contributed by atoms with Gasteiger partial charge in [0.15, 0.2) is 0 Å². The van der Waals surface area contributed by atoms with Crippen LogP contribution in [0.15, 0.2) is 54.9 Å². The Morgan fingerprint density at radius 1 is 1.10 bits per heavy atom. The van der Waals surface area contributed by atoms with E-state index >= 15 is 0 Å². The molecule has 3 heterocycles. The van der Waals surface area contributed by atoms with Crippen LogP contribution in [0.25, 0.3) is 22.0 Å². The number of nitrogens with zero attached hydrogens (tertiary/aromatic N) is 3. The fourth-order valence-corrected chi connectivity index (χ4v) is 6.09. The van der Waals surface area contributed by atoms with Crippen LogP contribution in [0.5, 0.6) is 11.6 Å². The number of sulfonamides is 1. The maximum atomic E-state index is 12.5. The molecule has 3 N–H and O–H groups in total. The molecule has 40 heavy (non-hydrogen) atoms. The van der Waals surface area contributed by atoms with Gasteiger partial charge in [0.1, 0.15) is 5.75 Å². The molecule has 9 nitrogen and oxygen atoms in total. The highest BCUT2D eigenvalue weighted by molar-refractivity contribution is 7.92. The molecule has 1 aliphatic rings. The van der Waals surface area contributed by atoms with Crippen LogP contribution in [0.3, 0.4) is 0 Å². The van der Waals surface area contributed by atoms with E-state index in [4.69, 9.17) is 14.7 Å². The van der Waals surface area contributed by atoms with E-state index in [1.165, 1.54) is 0 Å². The van der Waals surface area contributed by atoms with Crippen molar-refractivity contribution in [3.05, 3.63) is 66.0 Å². The van der Waals surface area contributed by atoms with Gasteiger partial charge in [0.25, 0.3) is 0 Å². The second kappa shape index (κ2) is 12.2. The summed E-state index contributed by atoms with van der Waals surface area (Å²) in [7, 11) is -3.45. The summed E-state index contributed by atoms with van der Waals surface area (Å²) in [6.45, 7) is 7.81. The van der Waals surface area contributed by atoms with Crippen molar-refractivity contribution in [3.63, 3.8) is 0 Å². The van der Waals surface area contributed by atoms with E-state index in [2.05, 4.69) is 33.3 Å². The highest BCUT2D eigenvalue weighted by atomic mass is 32.2. The van der Waals surface area contributed by atoms with Crippen molar-refractivity contribution < 1.29 is 13.2 Å². The van der Waals surface area contributed by atoms with Gasteiger partial charge < -0.3 is 15.4 Å². The molecule has 0 radical (unpaired) electrons. The van der Waals surface area contributed by atoms with Gasteiger partial charge in [0, 0.05) is 35.8 Å². The highest BCUT2D eigenvalue weighted by Crippen LogP contribution is 2.39. The van der Waals surface area contributed by atoms with Crippen molar-refractivity contribution in [2.24, 2.45) is 0 Å². The number of hydrogen-bond donors (Lipinski definition) is 3. The van der Waals surface area contributed by atoms with Gasteiger partial charge in [0.2, 0.25) is 21.9 Å². The quantitative estimate of drug-likeness (QED) is 0.227. The zero-order valence-electron chi connectivity index (χ0n) is 23.2. The fraction of sp³-hybridized carbons (Fsp3) is 0.367. The molecule has 210 valence electrons. The minimum Gasteiger partial charge on any atom is -0.437 e. The van der Waals surface area contributed by atoms with Gasteiger partial charge in [-0.05, 0) is 68.5 Å². The zero-order valence-corrected chi connectivity index (χ0v) is 24.0. The summed E-state index contributed by atoms with van der Waals surface area (Å²) >= 11 is 0. The number of pyridine rings is 1. The Balaban J connectivity index is 1.53. The number of hydrogen-bond acceptors (Lipinski definition) is 8. The standard InChI is InChI=1S/C30H36N6O3S/c1-4-16-40(37,38)36-27-10-6-9-24-23(27)12-11-20(3)28(24)39-29-25(17-21(5-2)18-33-29)26-13-15-32-30(35-26)34-22-8-7-14-31-19-22/h6,9-13,15,17-18,22,31,36H,4-5,7-8,14,16,19H2,1-3H3,(H,32,34,35)/t22-/m0/s1. The first-order valence-corrected chi connectivity index (χ1v) is 15.5. The molecular formula is C30H36N6O3S. The molecule has 5 rings (SSSR count). The molecule has 1 saturated heterocycles. The van der Waals surface area contributed by atoms with Crippen LogP contribution in [-0.4, -0.2) is 48.3 Å². The van der Waals surface area contributed by atoms with E-state index in [0.717, 1.165) is 59.8 Å². The van der Waals surface area contributed by atoms with Gasteiger partial charge in [-0.1, -0.05) is 38.1 Å². The van der Waals surface area contributed by atoms with E-state index in [9.17, 15) is 8.42 Å². The number of nitrogens with one attached hydrogen (secondary N) is 3. The lowest BCUT2D eigenvalue weighted by Gasteiger charge is -2.23. The van der Waals surface area contributed by atoms with Crippen molar-refractivity contribution in [1.29, 1.82) is 0 Å². The lowest BCUT2D eigenvalue weighted by atomic mass is 10.0. The Morgan fingerprint density at radius 2 is 1.98 bits per heavy atom. The summed E-state index contributed by atoms with van der Waals surface area (Å²) in [6, 6.07) is 13.6. The predicted octanol–water partition coefficient (Wildman–Crippen LogP) is 5.67. The molecule has 0 aliphatic carbocycles. The van der Waals surface area contributed by atoms with E-state index in [0.29, 0.717) is 35.4 Å². The second-order valence-corrected chi connectivity index (χ2v) is 12.0. The highest BCUT2D eigenvalue weighted by Gasteiger charge is 2.19. The van der Waals surface area contributed by atoms with E-state index < -0.39 is 10.0 Å². The number of fused-ring (bicyclic) bond motifs is 1. The van der Waals surface area contributed by atoms with Gasteiger partial charge >= 0.3 is 0 Å². The fourth-order valence-electron chi connectivity index (χ4n) is 4.94. The summed E-state index contributed by atoms with van der Waals surface area (Å²) in [6.07, 6.45) is 7.11. The van der Waals surface area contributed by atoms with E-state index in [1.54, 1.807) is 12.3 Å². The Hall–Kier alpha value is -3.76. The van der Waals surface area contributed by atoms with Gasteiger partial charge in [-0.3, -0.25) is 4.72 Å². The summed E-state index contributed by atoms with van der Waals surface area (Å²) in [5, 5.41) is 8.41. The maximum absolute atomic E-state index is 12.5. The molecule has 0 amide bonds. The van der Waals surface area contributed by atoms with Crippen molar-refractivity contribution in [2.45, 2.75) is 52.5 Å². The Labute approximate surface area is 235 Å². The third-order valence-electron chi connectivity index (χ3n) is 7.02. The molecule has 0 bridgehead atoms. The Kier molecular flexibility index (Phi) is 8.46. The van der Waals surface area contributed by atoms with E-state index in [-0.39, 0.29) is 11.8 Å². The molecule has 0 unspecified atom stereocenters. The van der Waals surface area contributed by atoms with E-state index in [1.807, 2.05) is 50.4 Å². The molecule has 10 heteroatoms. The largest absolute Gasteiger partial charge is 0.437 e. The number of aromatic nitrogens is 3. The SMILES string of the molecule is CCCS(=O)(=O)Nc1cccc2c(Oc3ncc(CC)cc3-c3ccnc(N[C@H]4CCCNC4)n3)c(C)ccc12. The van der Waals surface area contributed by atoms with Crippen molar-refractivity contribution >= 4 is 32.4 Å². The smallest absolute Gasteiger partial charge is 0.232 e. The number of ether oxygens (including phenoxy) is 1. The second-order valence-electron chi connectivity index (χ2n) is 10.1. The summed E-state index contributed by atoms with van der Waals surface area (Å²) in [5.41, 5.74) is 3.97. The van der Waals surface area contributed by atoms with Crippen LogP contribution < -0.4 is 20.1 Å². The summed E-state index contributed by atoms with van der Waals surface area (Å²) in [4.78, 5) is 14.0. The lowest BCUT2D eigenvalue weighted by Crippen LogP contribution is -2.38. The average molecular weight is 561 g/mol. The van der Waals surface area contributed by atoms with Crippen molar-refractivity contribution in [2.75, 3.05) is 28.9 Å². The Bertz CT molecular complexity index is 1600. The average Bonchev–Trinajstić information content (AvgIpc) is 2.95. The number of anilines is 2. The molecular weight excluding hydrogens is 524 g/mol. The van der Waals surface area contributed by atoms with Gasteiger partial charge in [-0.2, -0.15) is 0 Å². The van der Waals surface area contributed by atoms with Crippen LogP contribution in [0.4, 0.5) is 11.6 Å². The van der Waals surface area contributed by atoms with Crippen LogP contribution in [0.2, 0.25) is 0 Å². The van der Waals surface area contributed by atoms with Gasteiger partial charge in [-0.15, -0.1) is 0 Å². The molecule has 1 fully saturated rings. The third kappa shape index (κ3) is 6.34. The van der Waals surface area contributed by atoms with Crippen LogP contribution >= 0.6 is 0 Å². The minimum absolute atomic E-state index is 0.0582. The monoisotopic (exact) mass is 560 g/mol. The molecule has 2 aromatic heterocycles. The minimum atomic E-state index is -3.45. The molecule has 1 aliphatic heterocycles. The molecule has 2 aromatic carbocycles. The van der Waals surface area contributed by atoms with Crippen molar-refractivity contribution in [3.8, 4) is 22.9 Å². The number of aryl methyl sites for hydroxylation is 2. The third-order valence-corrected chi connectivity index (χ3v) is 8.50. The first-order valence-electron chi connectivity index (χ1n) is 13.9. The molecule has 1 atom stereocenters. The zero-order chi connectivity index (χ0) is 28.1. The van der Waals surface area contributed by atoms with Gasteiger partial charge in [0.05, 0.1) is 22.7 Å². The predicted molar refractivity (Wildman–Crippen MR) is 161 cm³/mol.